The minimum absolute atomic E-state index is 0. The summed E-state index contributed by atoms with van der Waals surface area (Å²) in [5.74, 6) is 4.55. The second-order valence-electron chi connectivity index (χ2n) is 28.2. The van der Waals surface area contributed by atoms with Crippen LogP contribution >= 0.6 is 56.2 Å². The van der Waals surface area contributed by atoms with Gasteiger partial charge in [-0.1, -0.05) is 453 Å². The Morgan fingerprint density at radius 1 is 0.180 bits per heavy atom. The normalized spacial score (nSPS) is 11.0. The molecule has 3 nitrogen and oxygen atoms in total. The molecule has 0 N–H and O–H groups in total. The fraction of sp³-hybridized carbons (Fsp3) is 0.0275. The Kier molecular flexibility index (Phi) is 39.8. The zero-order valence-corrected chi connectivity index (χ0v) is 79.1. The van der Waals surface area contributed by atoms with Gasteiger partial charge in [0.15, 0.2) is 0 Å². The second-order valence-corrected chi connectivity index (χ2v) is 43.4. The van der Waals surface area contributed by atoms with Gasteiger partial charge in [0.25, 0.3) is 0 Å². The van der Waals surface area contributed by atoms with Crippen LogP contribution < -0.4 is 77.0 Å². The molecule has 652 valence electrons. The van der Waals surface area contributed by atoms with Crippen LogP contribution in [-0.2, 0) is 51.2 Å². The van der Waals surface area contributed by atoms with E-state index in [2.05, 4.69) is 483 Å². The number of anilines is 3. The number of hydrogen-bond donors (Lipinski definition) is 0. The third kappa shape index (κ3) is 31.4. The summed E-state index contributed by atoms with van der Waals surface area (Å²) in [6, 6.07) is 178. The minimum Gasteiger partial charge on any atom is -0.366 e. The van der Waals surface area contributed by atoms with E-state index < -0.39 is 56.2 Å². The second kappa shape index (κ2) is 50.4. The first-order chi connectivity index (χ1) is 60.7. The van der Waals surface area contributed by atoms with Crippen molar-refractivity contribution in [2.24, 2.45) is 0 Å². The van der Waals surface area contributed by atoms with Crippen LogP contribution in [0.5, 0.6) is 0 Å². The van der Waals surface area contributed by atoms with Gasteiger partial charge in [0.1, 0.15) is 0 Å². The monoisotopic (exact) mass is 1960 g/mol. The molecule has 0 saturated heterocycles. The van der Waals surface area contributed by atoms with Gasteiger partial charge in [-0.3, -0.25) is 11.8 Å². The van der Waals surface area contributed by atoms with E-state index in [-0.39, 0.29) is 51.2 Å². The summed E-state index contributed by atoms with van der Waals surface area (Å²) in [4.78, 5) is 0. The molecular formula is C109H91Cu3F6N3P7. The number of rotatable bonds is 21. The molecule has 17 aromatic rings. The summed E-state index contributed by atoms with van der Waals surface area (Å²) >= 11 is 0. The summed E-state index contributed by atoms with van der Waals surface area (Å²) in [7, 11) is -15.6. The van der Waals surface area contributed by atoms with Gasteiger partial charge in [0, 0.05) is 80.7 Å². The largest absolute Gasteiger partial charge is 1.00 e. The molecule has 0 aliphatic carbocycles. The molecular weight excluding hydrogens is 1870 g/mol. The minimum atomic E-state index is -10.7. The van der Waals surface area contributed by atoms with Crippen molar-refractivity contribution < 1.29 is 76.4 Å². The Balaban J connectivity index is 0.000000190. The summed E-state index contributed by atoms with van der Waals surface area (Å²) in [5, 5.41) is 16.2. The molecule has 0 heterocycles. The Morgan fingerprint density at radius 2 is 0.281 bits per heavy atom. The first kappa shape index (κ1) is 101. The Labute approximate surface area is 790 Å². The maximum Gasteiger partial charge on any atom is 1.00 e. The number of nitrogens with zero attached hydrogens (tertiary/aromatic N) is 3. The quantitative estimate of drug-likeness (QED) is 0.0233. The Morgan fingerprint density at radius 3 is 0.375 bits per heavy atom. The van der Waals surface area contributed by atoms with Gasteiger partial charge in [-0.05, 0) is 57.2 Å². The molecule has 0 bridgehead atoms. The topological polar surface area (TPSA) is 9.72 Å². The molecule has 0 aromatic heterocycles. The van der Waals surface area contributed by atoms with Gasteiger partial charge in [-0.2, -0.15) is 0 Å². The molecule has 0 spiro atoms. The fourth-order valence-corrected chi connectivity index (χ4v) is 31.0. The predicted molar refractivity (Wildman–Crippen MR) is 534 cm³/mol. The van der Waals surface area contributed by atoms with E-state index in [4.69, 9.17) is 12.8 Å². The molecule has 0 fully saturated rings. The number of halogens is 6. The predicted octanol–water partition coefficient (Wildman–Crippen LogP) is 27.3. The maximum atomic E-state index is 9.87. The van der Waals surface area contributed by atoms with Crippen LogP contribution in [0.1, 0.15) is 27.8 Å². The van der Waals surface area contributed by atoms with Crippen molar-refractivity contribution in [3.63, 3.8) is 0 Å². The Bertz CT molecular complexity index is 5050. The van der Waals surface area contributed by atoms with Gasteiger partial charge in [-0.15, -0.1) is 35.4 Å². The number of aryl methyl sites for hydroxylation is 3. The molecule has 17 rings (SSSR count). The summed E-state index contributed by atoms with van der Waals surface area (Å²) < 4.78 is 67.3. The van der Waals surface area contributed by atoms with Crippen molar-refractivity contribution >= 4 is 137 Å². The molecule has 0 aliphatic rings. The number of benzene rings is 17. The molecule has 17 aromatic carbocycles. The van der Waals surface area contributed by atoms with E-state index >= 15 is 0 Å². The molecule has 0 amide bonds. The first-order valence-electron chi connectivity index (χ1n) is 40.3. The van der Waals surface area contributed by atoms with Gasteiger partial charge >= 0.3 is 84.2 Å². The summed E-state index contributed by atoms with van der Waals surface area (Å²) in [6.07, 6.45) is 13.4. The summed E-state index contributed by atoms with van der Waals surface area (Å²) in [5.41, 5.74) is 9.23. The smallest absolute Gasteiger partial charge is 0.366 e. The van der Waals surface area contributed by atoms with Crippen molar-refractivity contribution in [2.45, 2.75) is 20.8 Å². The first-order valence-corrected chi connectivity index (χ1v) is 50.1. The van der Waals surface area contributed by atoms with E-state index in [1.54, 1.807) is 0 Å². The average Bonchev–Trinajstić information content (AvgIpc) is 0.773. The van der Waals surface area contributed by atoms with Crippen LogP contribution in [0.2, 0.25) is 0 Å². The van der Waals surface area contributed by atoms with Crippen LogP contribution in [0, 0.1) is 45.5 Å². The van der Waals surface area contributed by atoms with E-state index in [0.29, 0.717) is 0 Å². The van der Waals surface area contributed by atoms with Gasteiger partial charge in [0.05, 0.1) is 48.4 Å². The van der Waals surface area contributed by atoms with Crippen molar-refractivity contribution in [1.82, 2.24) is 0 Å². The average molecular weight is 1960 g/mol. The number of hydrogen-bond acceptors (Lipinski definition) is 3. The van der Waals surface area contributed by atoms with Gasteiger partial charge in [0.2, 0.25) is 0 Å². The van der Waals surface area contributed by atoms with Crippen LogP contribution in [0.25, 0.3) is 0 Å². The SMILES string of the molecule is Cc1ccc(N(P(c2ccccc2)c2ccccc2)P(c2ccccc2)c2ccccc2)cc1.Cc1ccc(N(P(c2ccccc2)c2ccccc2)P(c2ccccc2)c2ccccc2)cc1.Cc1ccc(N(P(c2ccccc2)c2ccccc2)P(c2ccccc2)c2ccccc2)cc1.F[P-](F)(F)(F)(F)F.[C-]#Cc1ccccc1.[C-]#Cc1ccccc1.[Cu+].[Cu+].[Cu+]. The molecule has 0 atom stereocenters. The summed E-state index contributed by atoms with van der Waals surface area (Å²) in [6.45, 7) is 6.47. The standard InChI is InChI=1S/3C31H27NP2.2C8H5.3Cu.F6P/c3*1-26-22-24-27(25-23-26)32(33(28-14-6-2-7-15-28)29-16-8-3-9-17-29)34(30-18-10-4-11-19-30)31-20-12-5-13-21-31;2*1-2-8-6-4-3-5-7-8;;;;1-7(2,3,4,5)6/h3*2-25H,1H3;2*3-7H;;;;/q;;;2*-1;3*+1;-1. The zero-order valence-electron chi connectivity index (χ0n) is 70.0. The van der Waals surface area contributed by atoms with Crippen LogP contribution in [0.3, 0.4) is 0 Å². The van der Waals surface area contributed by atoms with E-state index in [9.17, 15) is 25.2 Å². The third-order valence-corrected chi connectivity index (χ3v) is 35.1. The van der Waals surface area contributed by atoms with Crippen LogP contribution in [0.15, 0.2) is 497 Å². The molecule has 0 saturated carbocycles. The van der Waals surface area contributed by atoms with E-state index in [1.165, 1.54) is 97.4 Å². The van der Waals surface area contributed by atoms with Gasteiger partial charge in [-0.25, -0.2) is 0 Å². The molecule has 0 radical (unpaired) electrons. The third-order valence-electron chi connectivity index (χ3n) is 18.8. The van der Waals surface area contributed by atoms with Crippen LogP contribution in [-0.4, -0.2) is 0 Å². The van der Waals surface area contributed by atoms with E-state index in [0.717, 1.165) is 11.1 Å². The molecule has 0 unspecified atom stereocenters. The van der Waals surface area contributed by atoms with Gasteiger partial charge < -0.3 is 26.2 Å². The van der Waals surface area contributed by atoms with Crippen molar-refractivity contribution in [3.05, 3.63) is 538 Å². The van der Waals surface area contributed by atoms with Crippen molar-refractivity contribution in [2.75, 3.05) is 13.3 Å². The zero-order chi connectivity index (χ0) is 87.5. The van der Waals surface area contributed by atoms with Crippen molar-refractivity contribution in [1.29, 1.82) is 0 Å². The molecule has 19 heteroatoms. The molecule has 128 heavy (non-hydrogen) atoms. The fourth-order valence-electron chi connectivity index (χ4n) is 13.1. The van der Waals surface area contributed by atoms with Crippen molar-refractivity contribution in [3.8, 4) is 11.8 Å². The Hall–Kier alpha value is -10.6. The maximum absolute atomic E-state index is 10.7. The van der Waals surface area contributed by atoms with E-state index in [1.807, 2.05) is 60.7 Å². The molecule has 0 aliphatic heterocycles. The van der Waals surface area contributed by atoms with Crippen LogP contribution in [0.4, 0.5) is 42.2 Å².